The van der Waals surface area contributed by atoms with Crippen LogP contribution in [0.1, 0.15) is 43.4 Å². The molecule has 4 heteroatoms. The summed E-state index contributed by atoms with van der Waals surface area (Å²) < 4.78 is 12.0. The lowest BCUT2D eigenvalue weighted by atomic mass is 9.64. The molecule has 0 amide bonds. The van der Waals surface area contributed by atoms with Crippen LogP contribution < -0.4 is 4.74 Å². The molecule has 0 N–H and O–H groups in total. The van der Waals surface area contributed by atoms with Crippen LogP contribution in [-0.2, 0) is 14.9 Å². The van der Waals surface area contributed by atoms with Crippen molar-refractivity contribution in [2.24, 2.45) is 5.41 Å². The Hall–Kier alpha value is -2.48. The van der Waals surface area contributed by atoms with Crippen LogP contribution in [0.3, 0.4) is 0 Å². The first kappa shape index (κ1) is 22.2. The third-order valence-electron chi connectivity index (χ3n) is 5.33. The zero-order chi connectivity index (χ0) is 21.8. The average molecular weight is 420 g/mol. The Kier molecular flexibility index (Phi) is 6.75. The van der Waals surface area contributed by atoms with Gasteiger partial charge < -0.3 is 9.26 Å². The number of carbonyl (C=O) groups excluding carboxylic acids is 1. The molecule has 3 aromatic rings. The molecule has 0 radical (unpaired) electrons. The Labute approximate surface area is 181 Å². The number of benzene rings is 3. The number of hydrogen-bond donors (Lipinski definition) is 0. The molecular formula is C26H29O3P. The first-order chi connectivity index (χ1) is 14.3. The normalized spacial score (nSPS) is 14.6. The summed E-state index contributed by atoms with van der Waals surface area (Å²) in [6, 6.07) is 27.1. The minimum Gasteiger partial charge on any atom is -0.424 e. The van der Waals surface area contributed by atoms with Crippen LogP contribution >= 0.6 is 9.47 Å². The molecule has 0 aromatic heterocycles. The summed E-state index contributed by atoms with van der Waals surface area (Å²) in [7, 11) is 2.32. The zero-order valence-corrected chi connectivity index (χ0v) is 19.1. The summed E-state index contributed by atoms with van der Waals surface area (Å²) in [4.78, 5) is 13.9. The second-order valence-corrected chi connectivity index (χ2v) is 8.87. The smallest absolute Gasteiger partial charge is 0.349 e. The lowest BCUT2D eigenvalue weighted by Gasteiger charge is -2.44. The van der Waals surface area contributed by atoms with Crippen molar-refractivity contribution in [1.82, 2.24) is 0 Å². The molecular weight excluding hydrogens is 391 g/mol. The lowest BCUT2D eigenvalue weighted by Crippen LogP contribution is -2.49. The van der Waals surface area contributed by atoms with E-state index < -0.39 is 11.6 Å². The minimum absolute atomic E-state index is 0.302. The first-order valence-electron chi connectivity index (χ1n) is 10.1. The van der Waals surface area contributed by atoms with Gasteiger partial charge >= 0.3 is 5.97 Å². The highest BCUT2D eigenvalue weighted by atomic mass is 31.0. The maximum Gasteiger partial charge on any atom is 0.349 e. The third-order valence-corrected chi connectivity index (χ3v) is 5.70. The molecule has 0 heterocycles. The van der Waals surface area contributed by atoms with Crippen LogP contribution in [0.2, 0.25) is 0 Å². The average Bonchev–Trinajstić information content (AvgIpc) is 2.74. The minimum atomic E-state index is -1.35. The molecule has 0 aliphatic heterocycles. The van der Waals surface area contributed by atoms with Gasteiger partial charge in [0.15, 0.2) is 0 Å². The van der Waals surface area contributed by atoms with Crippen LogP contribution in [0.15, 0.2) is 84.9 Å². The van der Waals surface area contributed by atoms with E-state index in [1.54, 1.807) is 12.1 Å². The molecule has 3 nitrogen and oxygen atoms in total. The van der Waals surface area contributed by atoms with Gasteiger partial charge in [0, 0.05) is 15.4 Å². The van der Waals surface area contributed by atoms with E-state index in [0.29, 0.717) is 5.75 Å². The van der Waals surface area contributed by atoms with Gasteiger partial charge in [-0.2, -0.15) is 0 Å². The molecule has 3 rings (SSSR count). The summed E-state index contributed by atoms with van der Waals surface area (Å²) in [5, 5.41) is 0. The van der Waals surface area contributed by atoms with E-state index in [4.69, 9.17) is 9.26 Å². The highest BCUT2D eigenvalue weighted by Gasteiger charge is 2.54. The van der Waals surface area contributed by atoms with Gasteiger partial charge in [-0.15, -0.1) is 0 Å². The number of ether oxygens (including phenoxy) is 1. The van der Waals surface area contributed by atoms with Crippen molar-refractivity contribution in [3.8, 4) is 5.75 Å². The molecule has 0 aliphatic carbocycles. The SMILES string of the molecule is Cc1ccc(OC(=O)C(OP)(c2ccccc2)C(c2ccccc2)C(C)(C)C)cc1. The van der Waals surface area contributed by atoms with E-state index in [0.717, 1.165) is 16.7 Å². The van der Waals surface area contributed by atoms with Crippen LogP contribution in [0, 0.1) is 12.3 Å². The molecule has 0 bridgehead atoms. The Morgan fingerprint density at radius 2 is 1.37 bits per heavy atom. The number of aryl methyl sites for hydroxylation is 1. The van der Waals surface area contributed by atoms with Gasteiger partial charge in [-0.3, -0.25) is 0 Å². The van der Waals surface area contributed by atoms with Crippen molar-refractivity contribution in [3.63, 3.8) is 0 Å². The van der Waals surface area contributed by atoms with Crippen LogP contribution in [-0.4, -0.2) is 5.97 Å². The fourth-order valence-corrected chi connectivity index (χ4v) is 4.42. The summed E-state index contributed by atoms with van der Waals surface area (Å²) in [5.41, 5.74) is 1.21. The van der Waals surface area contributed by atoms with Crippen LogP contribution in [0.25, 0.3) is 0 Å². The predicted molar refractivity (Wildman–Crippen MR) is 124 cm³/mol. The van der Waals surface area contributed by atoms with E-state index in [1.807, 2.05) is 79.7 Å². The van der Waals surface area contributed by atoms with Gasteiger partial charge in [0.05, 0.1) is 0 Å². The van der Waals surface area contributed by atoms with Gasteiger partial charge in [-0.1, -0.05) is 99.1 Å². The molecule has 0 aliphatic rings. The van der Waals surface area contributed by atoms with E-state index in [1.165, 1.54) is 0 Å². The van der Waals surface area contributed by atoms with Crippen molar-refractivity contribution in [2.75, 3.05) is 0 Å². The summed E-state index contributed by atoms with van der Waals surface area (Å²) in [6.07, 6.45) is 0. The maximum absolute atomic E-state index is 13.9. The number of carbonyl (C=O) groups is 1. The fraction of sp³-hybridized carbons (Fsp3) is 0.269. The lowest BCUT2D eigenvalue weighted by molar-refractivity contribution is -0.157. The molecule has 156 valence electrons. The topological polar surface area (TPSA) is 35.5 Å². The van der Waals surface area contributed by atoms with Gasteiger partial charge in [0.1, 0.15) is 5.75 Å². The quantitative estimate of drug-likeness (QED) is 0.262. The third kappa shape index (κ3) is 4.48. The first-order valence-corrected chi connectivity index (χ1v) is 10.5. The second kappa shape index (κ2) is 9.12. The molecule has 3 atom stereocenters. The van der Waals surface area contributed by atoms with E-state index in [2.05, 4.69) is 30.2 Å². The van der Waals surface area contributed by atoms with Crippen molar-refractivity contribution >= 4 is 15.4 Å². The highest BCUT2D eigenvalue weighted by molar-refractivity contribution is 7.10. The van der Waals surface area contributed by atoms with E-state index >= 15 is 0 Å². The van der Waals surface area contributed by atoms with Crippen LogP contribution in [0.4, 0.5) is 0 Å². The Morgan fingerprint density at radius 1 is 0.833 bits per heavy atom. The largest absolute Gasteiger partial charge is 0.424 e. The molecule has 0 saturated heterocycles. The molecule has 0 spiro atoms. The Bertz CT molecular complexity index is 963. The van der Waals surface area contributed by atoms with Crippen molar-refractivity contribution in [2.45, 2.75) is 39.2 Å². The number of rotatable bonds is 6. The molecule has 0 fully saturated rings. The Balaban J connectivity index is 2.20. The van der Waals surface area contributed by atoms with E-state index in [-0.39, 0.29) is 11.3 Å². The highest BCUT2D eigenvalue weighted by Crippen LogP contribution is 2.51. The van der Waals surface area contributed by atoms with Crippen LogP contribution in [0.5, 0.6) is 5.75 Å². The standard InChI is InChI=1S/C26H29O3P/c1-19-15-17-22(18-16-19)28-24(27)26(29-30,21-13-9-6-10-14-21)23(25(2,3)4)20-11-7-5-8-12-20/h5-18,23H,30H2,1-4H3. The maximum atomic E-state index is 13.9. The van der Waals surface area contributed by atoms with Crippen molar-refractivity contribution in [3.05, 3.63) is 102 Å². The molecule has 3 aromatic carbocycles. The predicted octanol–water partition coefficient (Wildman–Crippen LogP) is 6.43. The van der Waals surface area contributed by atoms with Crippen molar-refractivity contribution in [1.29, 1.82) is 0 Å². The van der Waals surface area contributed by atoms with Gasteiger partial charge in [0.25, 0.3) is 0 Å². The number of esters is 1. The summed E-state index contributed by atoms with van der Waals surface area (Å²) in [5.74, 6) is -0.256. The summed E-state index contributed by atoms with van der Waals surface area (Å²) in [6.45, 7) is 8.35. The van der Waals surface area contributed by atoms with Gasteiger partial charge in [-0.05, 0) is 35.6 Å². The number of hydrogen-bond acceptors (Lipinski definition) is 3. The Morgan fingerprint density at radius 3 is 1.87 bits per heavy atom. The second-order valence-electron chi connectivity index (χ2n) is 8.63. The van der Waals surface area contributed by atoms with Crippen molar-refractivity contribution < 1.29 is 14.1 Å². The summed E-state index contributed by atoms with van der Waals surface area (Å²) >= 11 is 0. The zero-order valence-electron chi connectivity index (χ0n) is 18.0. The van der Waals surface area contributed by atoms with Gasteiger partial charge in [-0.25, -0.2) is 4.79 Å². The van der Waals surface area contributed by atoms with E-state index in [9.17, 15) is 4.79 Å². The molecule has 3 unspecified atom stereocenters. The van der Waals surface area contributed by atoms with Gasteiger partial charge in [0.2, 0.25) is 5.60 Å². The monoisotopic (exact) mass is 420 g/mol. The molecule has 0 saturated carbocycles. The fourth-order valence-electron chi connectivity index (χ4n) is 4.05. The molecule has 30 heavy (non-hydrogen) atoms.